The molecule has 1 aromatic heterocycles. The fourth-order valence-corrected chi connectivity index (χ4v) is 1.82. The Labute approximate surface area is 102 Å². The monoisotopic (exact) mass is 230 g/mol. The number of hydrogen-bond donors (Lipinski definition) is 1. The fourth-order valence-electron chi connectivity index (χ4n) is 1.82. The Morgan fingerprint density at radius 1 is 1.29 bits per heavy atom. The van der Waals surface area contributed by atoms with Gasteiger partial charge in [0.05, 0.1) is 12.1 Å². The van der Waals surface area contributed by atoms with Gasteiger partial charge in [-0.1, -0.05) is 6.92 Å². The molecule has 0 aliphatic carbocycles. The summed E-state index contributed by atoms with van der Waals surface area (Å²) >= 11 is 0. The van der Waals surface area contributed by atoms with Crippen molar-refractivity contribution in [2.45, 2.75) is 20.3 Å². The summed E-state index contributed by atoms with van der Waals surface area (Å²) in [5, 5.41) is 4.21. The van der Waals surface area contributed by atoms with E-state index in [0.29, 0.717) is 0 Å². The largest absolute Gasteiger partial charge is 0.494 e. The minimum Gasteiger partial charge on any atom is -0.494 e. The van der Waals surface area contributed by atoms with Gasteiger partial charge in [-0.3, -0.25) is 0 Å². The van der Waals surface area contributed by atoms with E-state index >= 15 is 0 Å². The first-order chi connectivity index (χ1) is 8.24. The fraction of sp³-hybridized carbons (Fsp3) is 0.357. The van der Waals surface area contributed by atoms with E-state index < -0.39 is 0 Å². The molecule has 90 valence electrons. The Bertz CT molecular complexity index is 523. The number of aryl methyl sites for hydroxylation is 1. The molecule has 0 atom stereocenters. The number of rotatable bonds is 4. The van der Waals surface area contributed by atoms with Crippen molar-refractivity contribution < 1.29 is 4.74 Å². The van der Waals surface area contributed by atoms with E-state index in [4.69, 9.17) is 4.74 Å². The van der Waals surface area contributed by atoms with Crippen molar-refractivity contribution in [3.8, 4) is 5.75 Å². The summed E-state index contributed by atoms with van der Waals surface area (Å²) in [6.07, 6.45) is 1.02. The van der Waals surface area contributed by atoms with Crippen LogP contribution in [0.25, 0.3) is 10.9 Å². The van der Waals surface area contributed by atoms with E-state index in [9.17, 15) is 0 Å². The maximum atomic E-state index is 5.62. The molecular formula is C14H18N2O. The van der Waals surface area contributed by atoms with Gasteiger partial charge in [-0.2, -0.15) is 0 Å². The van der Waals surface area contributed by atoms with Crippen LogP contribution in [0.15, 0.2) is 24.3 Å². The van der Waals surface area contributed by atoms with E-state index in [1.54, 1.807) is 0 Å². The second-order valence-corrected chi connectivity index (χ2v) is 4.11. The van der Waals surface area contributed by atoms with Crippen LogP contribution in [0.1, 0.15) is 18.9 Å². The van der Waals surface area contributed by atoms with Crippen molar-refractivity contribution in [1.29, 1.82) is 0 Å². The Kier molecular flexibility index (Phi) is 3.47. The Hall–Kier alpha value is -1.77. The zero-order valence-corrected chi connectivity index (χ0v) is 10.6. The summed E-state index contributed by atoms with van der Waals surface area (Å²) in [6, 6.07) is 8.15. The van der Waals surface area contributed by atoms with Gasteiger partial charge in [0.1, 0.15) is 11.6 Å². The second-order valence-electron chi connectivity index (χ2n) is 4.11. The summed E-state index contributed by atoms with van der Waals surface area (Å²) < 4.78 is 5.62. The average Bonchev–Trinajstić information content (AvgIpc) is 2.35. The lowest BCUT2D eigenvalue weighted by Gasteiger charge is -2.08. The van der Waals surface area contributed by atoms with Crippen LogP contribution in [0.4, 0.5) is 5.82 Å². The maximum absolute atomic E-state index is 5.62. The molecule has 0 fully saturated rings. The summed E-state index contributed by atoms with van der Waals surface area (Å²) in [4.78, 5) is 4.55. The van der Waals surface area contributed by atoms with Gasteiger partial charge in [-0.05, 0) is 43.2 Å². The molecule has 3 nitrogen and oxygen atoms in total. The summed E-state index contributed by atoms with van der Waals surface area (Å²) in [7, 11) is 1.89. The molecule has 0 saturated heterocycles. The summed E-state index contributed by atoms with van der Waals surface area (Å²) in [5.74, 6) is 1.84. The molecule has 0 spiro atoms. The zero-order valence-electron chi connectivity index (χ0n) is 10.6. The Morgan fingerprint density at radius 3 is 2.82 bits per heavy atom. The number of pyridine rings is 1. The highest BCUT2D eigenvalue weighted by atomic mass is 16.5. The average molecular weight is 230 g/mol. The zero-order chi connectivity index (χ0) is 12.3. The molecule has 0 aliphatic heterocycles. The predicted octanol–water partition coefficient (Wildman–Crippen LogP) is 3.37. The first kappa shape index (κ1) is 11.7. The summed E-state index contributed by atoms with van der Waals surface area (Å²) in [5.41, 5.74) is 2.14. The van der Waals surface area contributed by atoms with E-state index in [1.165, 1.54) is 0 Å². The lowest BCUT2D eigenvalue weighted by atomic mass is 10.1. The van der Waals surface area contributed by atoms with E-state index in [2.05, 4.69) is 30.2 Å². The number of benzene rings is 1. The SMILES string of the molecule is CCCOc1ccc2nc(NC)c(C)cc2c1. The van der Waals surface area contributed by atoms with E-state index in [1.807, 2.05) is 25.2 Å². The van der Waals surface area contributed by atoms with Gasteiger partial charge in [0.15, 0.2) is 0 Å². The standard InChI is InChI=1S/C14H18N2O/c1-4-7-17-12-5-6-13-11(9-12)8-10(2)14(15-3)16-13/h5-6,8-9H,4,7H2,1-3H3,(H,15,16). The van der Waals surface area contributed by atoms with Crippen molar-refractivity contribution in [2.75, 3.05) is 19.0 Å². The first-order valence-electron chi connectivity index (χ1n) is 5.96. The van der Waals surface area contributed by atoms with Crippen molar-refractivity contribution in [3.63, 3.8) is 0 Å². The molecule has 2 aromatic rings. The lowest BCUT2D eigenvalue weighted by molar-refractivity contribution is 0.318. The molecule has 0 aliphatic rings. The molecule has 0 saturated carbocycles. The van der Waals surface area contributed by atoms with Gasteiger partial charge in [-0.15, -0.1) is 0 Å². The van der Waals surface area contributed by atoms with E-state index in [0.717, 1.165) is 41.1 Å². The number of ether oxygens (including phenoxy) is 1. The molecule has 0 unspecified atom stereocenters. The minimum absolute atomic E-state index is 0.756. The lowest BCUT2D eigenvalue weighted by Crippen LogP contribution is -1.97. The van der Waals surface area contributed by atoms with Crippen LogP contribution in [0.2, 0.25) is 0 Å². The van der Waals surface area contributed by atoms with Gasteiger partial charge >= 0.3 is 0 Å². The molecule has 1 heterocycles. The highest BCUT2D eigenvalue weighted by molar-refractivity contribution is 5.83. The van der Waals surface area contributed by atoms with Crippen molar-refractivity contribution in [3.05, 3.63) is 29.8 Å². The number of nitrogens with zero attached hydrogens (tertiary/aromatic N) is 1. The molecule has 0 radical (unpaired) electrons. The van der Waals surface area contributed by atoms with Crippen molar-refractivity contribution in [1.82, 2.24) is 4.98 Å². The van der Waals surface area contributed by atoms with Gasteiger partial charge in [0.25, 0.3) is 0 Å². The number of anilines is 1. The molecule has 2 rings (SSSR count). The van der Waals surface area contributed by atoms with Crippen LogP contribution in [0.5, 0.6) is 5.75 Å². The smallest absolute Gasteiger partial charge is 0.129 e. The number of fused-ring (bicyclic) bond motifs is 1. The normalized spacial score (nSPS) is 10.5. The van der Waals surface area contributed by atoms with Crippen molar-refractivity contribution in [2.24, 2.45) is 0 Å². The quantitative estimate of drug-likeness (QED) is 0.874. The molecule has 1 N–H and O–H groups in total. The molecule has 3 heteroatoms. The summed E-state index contributed by atoms with van der Waals surface area (Å²) in [6.45, 7) is 4.91. The third kappa shape index (κ3) is 2.49. The van der Waals surface area contributed by atoms with Crippen LogP contribution in [0, 0.1) is 6.92 Å². The van der Waals surface area contributed by atoms with Gasteiger partial charge in [0.2, 0.25) is 0 Å². The van der Waals surface area contributed by atoms with Crippen LogP contribution in [0.3, 0.4) is 0 Å². The Balaban J connectivity index is 2.40. The van der Waals surface area contributed by atoms with Gasteiger partial charge < -0.3 is 10.1 Å². The highest BCUT2D eigenvalue weighted by Crippen LogP contribution is 2.23. The van der Waals surface area contributed by atoms with Gasteiger partial charge in [-0.25, -0.2) is 4.98 Å². The highest BCUT2D eigenvalue weighted by Gasteiger charge is 2.03. The predicted molar refractivity (Wildman–Crippen MR) is 71.8 cm³/mol. The number of aromatic nitrogens is 1. The minimum atomic E-state index is 0.756. The molecule has 0 amide bonds. The molecule has 1 aromatic carbocycles. The molecular weight excluding hydrogens is 212 g/mol. The van der Waals surface area contributed by atoms with Crippen molar-refractivity contribution >= 4 is 16.7 Å². The number of nitrogens with one attached hydrogen (secondary N) is 1. The second kappa shape index (κ2) is 5.04. The molecule has 17 heavy (non-hydrogen) atoms. The van der Waals surface area contributed by atoms with Crippen LogP contribution < -0.4 is 10.1 Å². The van der Waals surface area contributed by atoms with Crippen LogP contribution in [-0.4, -0.2) is 18.6 Å². The third-order valence-electron chi connectivity index (χ3n) is 2.69. The van der Waals surface area contributed by atoms with E-state index in [-0.39, 0.29) is 0 Å². The number of hydrogen-bond acceptors (Lipinski definition) is 3. The topological polar surface area (TPSA) is 34.1 Å². The van der Waals surface area contributed by atoms with Crippen LogP contribution >= 0.6 is 0 Å². The maximum Gasteiger partial charge on any atom is 0.129 e. The van der Waals surface area contributed by atoms with Crippen LogP contribution in [-0.2, 0) is 0 Å². The molecule has 0 bridgehead atoms. The first-order valence-corrected chi connectivity index (χ1v) is 5.96. The third-order valence-corrected chi connectivity index (χ3v) is 2.69. The van der Waals surface area contributed by atoms with Gasteiger partial charge in [0, 0.05) is 12.4 Å². The Morgan fingerprint density at radius 2 is 2.12 bits per heavy atom.